The van der Waals surface area contributed by atoms with E-state index in [0.717, 1.165) is 17.0 Å². The van der Waals surface area contributed by atoms with Crippen molar-refractivity contribution in [3.8, 4) is 5.69 Å². The van der Waals surface area contributed by atoms with Gasteiger partial charge in [0.05, 0.1) is 11.7 Å². The SMILES string of the molecule is CSCC[C@H](N)C(=O)Nc1ccc(C)c(-n2cnnn2)c1.Cl. The van der Waals surface area contributed by atoms with Gasteiger partial charge in [0.15, 0.2) is 0 Å². The number of tetrazole rings is 1. The number of benzene rings is 1. The third kappa shape index (κ3) is 4.69. The second-order valence-electron chi connectivity index (χ2n) is 4.63. The molecular weight excluding hydrogens is 324 g/mol. The van der Waals surface area contributed by atoms with Crippen LogP contribution in [0.3, 0.4) is 0 Å². The third-order valence-electron chi connectivity index (χ3n) is 3.04. The van der Waals surface area contributed by atoms with E-state index in [9.17, 15) is 4.79 Å². The highest BCUT2D eigenvalue weighted by Crippen LogP contribution is 2.18. The van der Waals surface area contributed by atoms with E-state index < -0.39 is 6.04 Å². The molecule has 1 atom stereocenters. The zero-order valence-corrected chi connectivity index (χ0v) is 14.0. The standard InChI is InChI=1S/C13H18N6OS.ClH/c1-9-3-4-10(7-12(9)19-8-15-17-18-19)16-13(20)11(14)5-6-21-2;/h3-4,7-8,11H,5-6,14H2,1-2H3,(H,16,20);1H/t11-;/m0./s1. The summed E-state index contributed by atoms with van der Waals surface area (Å²) in [5.74, 6) is 0.675. The number of rotatable bonds is 6. The summed E-state index contributed by atoms with van der Waals surface area (Å²) in [6.07, 6.45) is 4.15. The zero-order valence-electron chi connectivity index (χ0n) is 12.4. The van der Waals surface area contributed by atoms with Crippen LogP contribution in [0.5, 0.6) is 0 Å². The molecular formula is C13H19ClN6OS. The summed E-state index contributed by atoms with van der Waals surface area (Å²) in [6, 6.07) is 5.06. The molecule has 1 aromatic heterocycles. The van der Waals surface area contributed by atoms with Gasteiger partial charge in [-0.05, 0) is 53.5 Å². The number of nitrogens with two attached hydrogens (primary N) is 1. The zero-order chi connectivity index (χ0) is 15.2. The van der Waals surface area contributed by atoms with Crippen molar-refractivity contribution < 1.29 is 4.79 Å². The number of aromatic nitrogens is 4. The molecule has 0 unspecified atom stereocenters. The average Bonchev–Trinajstić information content (AvgIpc) is 3.00. The Morgan fingerprint density at radius 2 is 2.27 bits per heavy atom. The summed E-state index contributed by atoms with van der Waals surface area (Å²) >= 11 is 1.67. The Morgan fingerprint density at radius 3 is 2.91 bits per heavy atom. The van der Waals surface area contributed by atoms with Gasteiger partial charge in [0.2, 0.25) is 5.91 Å². The normalized spacial score (nSPS) is 11.6. The van der Waals surface area contributed by atoms with Crippen LogP contribution in [-0.2, 0) is 4.79 Å². The van der Waals surface area contributed by atoms with Crippen LogP contribution in [0.2, 0.25) is 0 Å². The highest BCUT2D eigenvalue weighted by molar-refractivity contribution is 7.98. The quantitative estimate of drug-likeness (QED) is 0.823. The van der Waals surface area contributed by atoms with Crippen LogP contribution in [0.25, 0.3) is 5.69 Å². The monoisotopic (exact) mass is 342 g/mol. The number of anilines is 1. The number of nitrogens with one attached hydrogen (secondary N) is 1. The number of thioether (sulfide) groups is 1. The van der Waals surface area contributed by atoms with Gasteiger partial charge < -0.3 is 11.1 Å². The Kier molecular flexibility index (Phi) is 7.30. The number of hydrogen-bond donors (Lipinski definition) is 2. The van der Waals surface area contributed by atoms with Gasteiger partial charge in [0.25, 0.3) is 0 Å². The van der Waals surface area contributed by atoms with Crippen LogP contribution < -0.4 is 11.1 Å². The first-order valence-electron chi connectivity index (χ1n) is 6.51. The summed E-state index contributed by atoms with van der Waals surface area (Å²) < 4.78 is 1.55. The van der Waals surface area contributed by atoms with E-state index in [1.165, 1.54) is 6.33 Å². The van der Waals surface area contributed by atoms with Crippen molar-refractivity contribution in [3.05, 3.63) is 30.1 Å². The van der Waals surface area contributed by atoms with Crippen LogP contribution in [0.15, 0.2) is 24.5 Å². The lowest BCUT2D eigenvalue weighted by Gasteiger charge is -2.13. The molecule has 0 bridgehead atoms. The molecule has 0 spiro atoms. The third-order valence-corrected chi connectivity index (χ3v) is 3.69. The van der Waals surface area contributed by atoms with Crippen molar-refractivity contribution in [2.75, 3.05) is 17.3 Å². The first-order chi connectivity index (χ1) is 10.1. The molecule has 0 saturated carbocycles. The summed E-state index contributed by atoms with van der Waals surface area (Å²) in [6.45, 7) is 1.95. The fraction of sp³-hybridized carbons (Fsp3) is 0.385. The highest BCUT2D eigenvalue weighted by atomic mass is 35.5. The predicted octanol–water partition coefficient (Wildman–Crippen LogP) is 1.41. The molecule has 7 nitrogen and oxygen atoms in total. The summed E-state index contributed by atoms with van der Waals surface area (Å²) in [4.78, 5) is 12.0. The molecule has 0 aliphatic rings. The van der Waals surface area contributed by atoms with Gasteiger partial charge in [-0.1, -0.05) is 6.07 Å². The Hall–Kier alpha value is -1.64. The van der Waals surface area contributed by atoms with Gasteiger partial charge >= 0.3 is 0 Å². The minimum atomic E-state index is -0.504. The van der Waals surface area contributed by atoms with Crippen molar-refractivity contribution in [3.63, 3.8) is 0 Å². The van der Waals surface area contributed by atoms with Crippen molar-refractivity contribution in [1.82, 2.24) is 20.2 Å². The minimum Gasteiger partial charge on any atom is -0.325 e. The maximum Gasteiger partial charge on any atom is 0.241 e. The number of aryl methyl sites for hydroxylation is 1. The Balaban J connectivity index is 0.00000242. The van der Waals surface area contributed by atoms with Crippen LogP contribution in [0.1, 0.15) is 12.0 Å². The molecule has 0 fully saturated rings. The average molecular weight is 343 g/mol. The fourth-order valence-electron chi connectivity index (χ4n) is 1.82. The summed E-state index contributed by atoms with van der Waals surface area (Å²) in [5, 5.41) is 13.9. The lowest BCUT2D eigenvalue weighted by molar-refractivity contribution is -0.117. The molecule has 0 aliphatic carbocycles. The molecule has 120 valence electrons. The number of carbonyl (C=O) groups excluding carboxylic acids is 1. The molecule has 1 amide bonds. The molecule has 2 aromatic rings. The van der Waals surface area contributed by atoms with Crippen molar-refractivity contribution in [2.24, 2.45) is 5.73 Å². The maximum atomic E-state index is 12.0. The molecule has 22 heavy (non-hydrogen) atoms. The molecule has 3 N–H and O–H groups in total. The van der Waals surface area contributed by atoms with Gasteiger partial charge in [-0.2, -0.15) is 11.8 Å². The van der Waals surface area contributed by atoms with E-state index in [1.54, 1.807) is 16.4 Å². The van der Waals surface area contributed by atoms with E-state index in [4.69, 9.17) is 5.73 Å². The maximum absolute atomic E-state index is 12.0. The van der Waals surface area contributed by atoms with Gasteiger partial charge in [0, 0.05) is 5.69 Å². The van der Waals surface area contributed by atoms with Crippen molar-refractivity contribution in [1.29, 1.82) is 0 Å². The first kappa shape index (κ1) is 18.4. The van der Waals surface area contributed by atoms with Gasteiger partial charge in [0.1, 0.15) is 6.33 Å². The number of nitrogens with zero attached hydrogens (tertiary/aromatic N) is 4. The molecule has 0 aliphatic heterocycles. The van der Waals surface area contributed by atoms with Crippen LogP contribution >= 0.6 is 24.2 Å². The van der Waals surface area contributed by atoms with E-state index in [-0.39, 0.29) is 18.3 Å². The first-order valence-corrected chi connectivity index (χ1v) is 7.90. The fourth-order valence-corrected chi connectivity index (χ4v) is 2.31. The van der Waals surface area contributed by atoms with Crippen LogP contribution in [-0.4, -0.2) is 44.2 Å². The Labute approximate surface area is 139 Å². The number of halogens is 1. The molecule has 9 heteroatoms. The smallest absolute Gasteiger partial charge is 0.241 e. The van der Waals surface area contributed by atoms with E-state index in [2.05, 4.69) is 20.8 Å². The van der Waals surface area contributed by atoms with E-state index in [0.29, 0.717) is 12.1 Å². The van der Waals surface area contributed by atoms with Gasteiger partial charge in [-0.25, -0.2) is 4.68 Å². The lowest BCUT2D eigenvalue weighted by Crippen LogP contribution is -2.36. The second-order valence-corrected chi connectivity index (χ2v) is 5.62. The highest BCUT2D eigenvalue weighted by Gasteiger charge is 2.14. The number of amides is 1. The van der Waals surface area contributed by atoms with Crippen LogP contribution in [0, 0.1) is 6.92 Å². The molecule has 0 radical (unpaired) electrons. The molecule has 1 aromatic carbocycles. The number of hydrogen-bond acceptors (Lipinski definition) is 6. The van der Waals surface area contributed by atoms with Crippen molar-refractivity contribution in [2.45, 2.75) is 19.4 Å². The topological polar surface area (TPSA) is 98.7 Å². The van der Waals surface area contributed by atoms with Crippen molar-refractivity contribution >= 4 is 35.8 Å². The second kappa shape index (κ2) is 8.72. The van der Waals surface area contributed by atoms with Crippen LogP contribution in [0.4, 0.5) is 5.69 Å². The molecule has 1 heterocycles. The predicted molar refractivity (Wildman–Crippen MR) is 90.7 cm³/mol. The van der Waals surface area contributed by atoms with E-state index in [1.807, 2.05) is 31.4 Å². The Morgan fingerprint density at radius 1 is 1.50 bits per heavy atom. The molecule has 2 rings (SSSR count). The summed E-state index contributed by atoms with van der Waals surface area (Å²) in [7, 11) is 0. The Bertz CT molecular complexity index is 607. The molecule has 0 saturated heterocycles. The lowest BCUT2D eigenvalue weighted by atomic mass is 10.1. The largest absolute Gasteiger partial charge is 0.325 e. The van der Waals surface area contributed by atoms with Gasteiger partial charge in [-0.3, -0.25) is 4.79 Å². The number of carbonyl (C=O) groups is 1. The van der Waals surface area contributed by atoms with Gasteiger partial charge in [-0.15, -0.1) is 17.5 Å². The van der Waals surface area contributed by atoms with E-state index >= 15 is 0 Å². The minimum absolute atomic E-state index is 0. The summed E-state index contributed by atoms with van der Waals surface area (Å²) in [5.41, 5.74) is 8.35.